The fraction of sp³-hybridized carbons (Fsp3) is 0. The quantitative estimate of drug-likeness (QED) is 0.434. The number of anilines is 1. The molecule has 0 atom stereocenters. The van der Waals surface area contributed by atoms with Crippen LogP contribution < -0.4 is 4.72 Å². The van der Waals surface area contributed by atoms with Gasteiger partial charge in [-0.15, -0.1) is 0 Å². The average molecular weight is 428 g/mol. The normalized spacial score (nSPS) is 11.5. The molecule has 152 valence electrons. The second-order valence-electron chi connectivity index (χ2n) is 6.85. The molecular formula is C23H16N4O3S. The van der Waals surface area contributed by atoms with Crippen molar-refractivity contribution in [1.29, 1.82) is 0 Å². The van der Waals surface area contributed by atoms with E-state index in [0.29, 0.717) is 16.9 Å². The van der Waals surface area contributed by atoms with Crippen LogP contribution in [0, 0.1) is 0 Å². The van der Waals surface area contributed by atoms with Crippen molar-refractivity contribution in [3.63, 3.8) is 0 Å². The summed E-state index contributed by atoms with van der Waals surface area (Å²) in [5.74, 6) is 0. The van der Waals surface area contributed by atoms with Crippen molar-refractivity contribution >= 4 is 26.7 Å². The summed E-state index contributed by atoms with van der Waals surface area (Å²) in [6.07, 6.45) is 8.06. The van der Waals surface area contributed by atoms with Gasteiger partial charge in [0.2, 0.25) is 0 Å². The number of furan rings is 1. The van der Waals surface area contributed by atoms with E-state index >= 15 is 0 Å². The molecule has 0 aliphatic rings. The minimum atomic E-state index is -3.70. The van der Waals surface area contributed by atoms with Gasteiger partial charge in [0.05, 0.1) is 52.2 Å². The molecule has 0 radical (unpaired) electrons. The number of nitrogens with one attached hydrogen (secondary N) is 1. The SMILES string of the molecule is O=S(=O)(Nc1cncc(-c2ccc3ncc(-c4ccoc4)nc3c2)c1)c1ccccc1. The lowest BCUT2D eigenvalue weighted by Crippen LogP contribution is -2.12. The molecule has 0 amide bonds. The zero-order valence-corrected chi connectivity index (χ0v) is 17.0. The highest BCUT2D eigenvalue weighted by Crippen LogP contribution is 2.27. The van der Waals surface area contributed by atoms with E-state index in [1.807, 2.05) is 24.3 Å². The van der Waals surface area contributed by atoms with E-state index in [4.69, 9.17) is 4.42 Å². The van der Waals surface area contributed by atoms with Crippen LogP contribution in [0.5, 0.6) is 0 Å². The van der Waals surface area contributed by atoms with Gasteiger partial charge < -0.3 is 4.42 Å². The summed E-state index contributed by atoms with van der Waals surface area (Å²) in [5.41, 5.74) is 5.00. The van der Waals surface area contributed by atoms with E-state index in [0.717, 1.165) is 22.2 Å². The van der Waals surface area contributed by atoms with Gasteiger partial charge >= 0.3 is 0 Å². The van der Waals surface area contributed by atoms with Gasteiger partial charge in [0, 0.05) is 17.3 Å². The summed E-state index contributed by atoms with van der Waals surface area (Å²) in [5, 5.41) is 0. The number of hydrogen-bond acceptors (Lipinski definition) is 6. The molecular weight excluding hydrogens is 412 g/mol. The number of fused-ring (bicyclic) bond motifs is 1. The lowest BCUT2D eigenvalue weighted by atomic mass is 10.1. The maximum absolute atomic E-state index is 12.6. The van der Waals surface area contributed by atoms with Crippen LogP contribution in [0.2, 0.25) is 0 Å². The van der Waals surface area contributed by atoms with Crippen molar-refractivity contribution in [1.82, 2.24) is 15.0 Å². The Kier molecular flexibility index (Phi) is 4.68. The van der Waals surface area contributed by atoms with Gasteiger partial charge in [-0.25, -0.2) is 13.4 Å². The molecule has 0 bridgehead atoms. The number of aromatic nitrogens is 3. The monoisotopic (exact) mass is 428 g/mol. The van der Waals surface area contributed by atoms with Crippen molar-refractivity contribution < 1.29 is 12.8 Å². The lowest BCUT2D eigenvalue weighted by molar-refractivity contribution is 0.568. The topological polar surface area (TPSA) is 98.0 Å². The molecule has 0 fully saturated rings. The first-order valence-electron chi connectivity index (χ1n) is 9.41. The summed E-state index contributed by atoms with van der Waals surface area (Å²) >= 11 is 0. The third-order valence-electron chi connectivity index (χ3n) is 4.74. The van der Waals surface area contributed by atoms with Crippen LogP contribution in [0.25, 0.3) is 33.4 Å². The third kappa shape index (κ3) is 3.88. The summed E-state index contributed by atoms with van der Waals surface area (Å²) < 4.78 is 32.9. The smallest absolute Gasteiger partial charge is 0.261 e. The van der Waals surface area contributed by atoms with E-state index < -0.39 is 10.0 Å². The van der Waals surface area contributed by atoms with Gasteiger partial charge in [-0.2, -0.15) is 0 Å². The number of rotatable bonds is 5. The van der Waals surface area contributed by atoms with Gasteiger partial charge in [-0.05, 0) is 42.0 Å². The predicted octanol–water partition coefficient (Wildman–Crippen LogP) is 4.75. The average Bonchev–Trinajstić information content (AvgIpc) is 3.34. The molecule has 0 saturated heterocycles. The number of hydrogen-bond donors (Lipinski definition) is 1. The molecule has 7 nitrogen and oxygen atoms in total. The van der Waals surface area contributed by atoms with Crippen molar-refractivity contribution in [3.8, 4) is 22.4 Å². The van der Waals surface area contributed by atoms with Crippen LogP contribution in [0.1, 0.15) is 0 Å². The Hall–Kier alpha value is -4.04. The molecule has 1 N–H and O–H groups in total. The zero-order valence-electron chi connectivity index (χ0n) is 16.1. The van der Waals surface area contributed by atoms with Gasteiger partial charge in [0.15, 0.2) is 0 Å². The Bertz CT molecular complexity index is 1470. The molecule has 5 aromatic rings. The van der Waals surface area contributed by atoms with Crippen LogP contribution >= 0.6 is 0 Å². The molecule has 2 aromatic carbocycles. The Morgan fingerprint density at radius 3 is 2.48 bits per heavy atom. The Balaban J connectivity index is 1.49. The third-order valence-corrected chi connectivity index (χ3v) is 6.13. The van der Waals surface area contributed by atoms with Gasteiger partial charge in [0.25, 0.3) is 10.0 Å². The van der Waals surface area contributed by atoms with Gasteiger partial charge in [-0.1, -0.05) is 24.3 Å². The fourth-order valence-electron chi connectivity index (χ4n) is 3.21. The first-order chi connectivity index (χ1) is 15.1. The van der Waals surface area contributed by atoms with Crippen LogP contribution in [0.4, 0.5) is 5.69 Å². The van der Waals surface area contributed by atoms with Crippen LogP contribution in [-0.2, 0) is 10.0 Å². The second-order valence-corrected chi connectivity index (χ2v) is 8.53. The van der Waals surface area contributed by atoms with Crippen molar-refractivity contribution in [2.75, 3.05) is 4.72 Å². The summed E-state index contributed by atoms with van der Waals surface area (Å²) in [4.78, 5) is 13.5. The molecule has 31 heavy (non-hydrogen) atoms. The first kappa shape index (κ1) is 19.0. The van der Waals surface area contributed by atoms with Gasteiger partial charge in [-0.3, -0.25) is 14.7 Å². The largest absolute Gasteiger partial charge is 0.472 e. The fourth-order valence-corrected chi connectivity index (χ4v) is 4.26. The zero-order chi connectivity index (χ0) is 21.3. The maximum atomic E-state index is 12.6. The Morgan fingerprint density at radius 1 is 0.806 bits per heavy atom. The lowest BCUT2D eigenvalue weighted by Gasteiger charge is -2.10. The summed E-state index contributed by atoms with van der Waals surface area (Å²) in [7, 11) is -3.70. The number of nitrogens with zero attached hydrogens (tertiary/aromatic N) is 3. The van der Waals surface area contributed by atoms with E-state index in [-0.39, 0.29) is 4.90 Å². The minimum Gasteiger partial charge on any atom is -0.472 e. The highest BCUT2D eigenvalue weighted by molar-refractivity contribution is 7.92. The maximum Gasteiger partial charge on any atom is 0.261 e. The Morgan fingerprint density at radius 2 is 1.68 bits per heavy atom. The number of sulfonamides is 1. The van der Waals surface area contributed by atoms with Crippen LogP contribution in [0.15, 0.2) is 101 Å². The molecule has 3 heterocycles. The number of benzene rings is 2. The predicted molar refractivity (Wildman–Crippen MR) is 118 cm³/mol. The molecule has 0 aliphatic heterocycles. The molecule has 0 saturated carbocycles. The molecule has 3 aromatic heterocycles. The minimum absolute atomic E-state index is 0.188. The molecule has 5 rings (SSSR count). The standard InChI is InChI=1S/C23H16N4O3S/c28-31(29,20-4-2-1-3-5-20)27-19-10-18(12-24-13-19)16-6-7-21-22(11-16)26-23(14-25-21)17-8-9-30-15-17/h1-15,27H. The highest BCUT2D eigenvalue weighted by Gasteiger charge is 2.14. The molecule has 0 spiro atoms. The van der Waals surface area contributed by atoms with E-state index in [1.165, 1.54) is 6.20 Å². The van der Waals surface area contributed by atoms with Crippen molar-refractivity contribution in [2.45, 2.75) is 4.90 Å². The van der Waals surface area contributed by atoms with Crippen molar-refractivity contribution in [3.05, 3.63) is 91.8 Å². The number of pyridine rings is 1. The van der Waals surface area contributed by atoms with E-state index in [2.05, 4.69) is 19.7 Å². The Labute approximate surface area is 178 Å². The van der Waals surface area contributed by atoms with Crippen LogP contribution in [-0.4, -0.2) is 23.4 Å². The molecule has 0 aliphatic carbocycles. The molecule has 8 heteroatoms. The molecule has 0 unspecified atom stereocenters. The first-order valence-corrected chi connectivity index (χ1v) is 10.9. The van der Waals surface area contributed by atoms with E-state index in [1.54, 1.807) is 61.3 Å². The van der Waals surface area contributed by atoms with Crippen LogP contribution in [0.3, 0.4) is 0 Å². The van der Waals surface area contributed by atoms with Crippen molar-refractivity contribution in [2.24, 2.45) is 0 Å². The van der Waals surface area contributed by atoms with Gasteiger partial charge in [0.1, 0.15) is 0 Å². The van der Waals surface area contributed by atoms with E-state index in [9.17, 15) is 8.42 Å². The highest BCUT2D eigenvalue weighted by atomic mass is 32.2. The second kappa shape index (κ2) is 7.66. The summed E-state index contributed by atoms with van der Waals surface area (Å²) in [6, 6.07) is 17.4. The summed E-state index contributed by atoms with van der Waals surface area (Å²) in [6.45, 7) is 0.